The highest BCUT2D eigenvalue weighted by Crippen LogP contribution is 2.43. The molecule has 2 aromatic carbocycles. The molecule has 8 heteroatoms. The number of benzene rings is 2. The number of nitrogens with one attached hydrogen (secondary N) is 1. The van der Waals surface area contributed by atoms with E-state index in [2.05, 4.69) is 10.3 Å². The lowest BCUT2D eigenvalue weighted by atomic mass is 10.0. The Morgan fingerprint density at radius 3 is 2.57 bits per heavy atom. The van der Waals surface area contributed by atoms with Gasteiger partial charge in [-0.2, -0.15) is 0 Å². The summed E-state index contributed by atoms with van der Waals surface area (Å²) >= 11 is 5.75. The van der Waals surface area contributed by atoms with E-state index in [1.54, 1.807) is 36.5 Å². The van der Waals surface area contributed by atoms with Crippen molar-refractivity contribution in [2.75, 3.05) is 11.5 Å². The topological polar surface area (TPSA) is 87.8 Å². The summed E-state index contributed by atoms with van der Waals surface area (Å²) in [4.78, 5) is 18.3. The van der Waals surface area contributed by atoms with Crippen LogP contribution in [0.25, 0.3) is 11.3 Å². The van der Waals surface area contributed by atoms with E-state index < -0.39 is 5.97 Å². The van der Waals surface area contributed by atoms with E-state index in [-0.39, 0.29) is 17.6 Å². The quantitative estimate of drug-likeness (QED) is 0.326. The van der Waals surface area contributed by atoms with Gasteiger partial charge in [0.25, 0.3) is 0 Å². The Morgan fingerprint density at radius 2 is 1.86 bits per heavy atom. The van der Waals surface area contributed by atoms with Crippen LogP contribution >= 0.6 is 12.2 Å². The Morgan fingerprint density at radius 1 is 1.09 bits per heavy atom. The molecule has 176 valence electrons. The first kappa shape index (κ1) is 22.6. The second kappa shape index (κ2) is 9.60. The summed E-state index contributed by atoms with van der Waals surface area (Å²) in [6.45, 7) is 2.53. The molecule has 0 saturated carbocycles. The van der Waals surface area contributed by atoms with Crippen molar-refractivity contribution in [1.82, 2.24) is 10.3 Å². The lowest BCUT2D eigenvalue weighted by Gasteiger charge is -2.26. The molecule has 3 heterocycles. The molecule has 0 aliphatic carbocycles. The van der Waals surface area contributed by atoms with Crippen LogP contribution < -0.4 is 15.0 Å². The molecule has 7 nitrogen and oxygen atoms in total. The van der Waals surface area contributed by atoms with Gasteiger partial charge in [-0.1, -0.05) is 24.3 Å². The van der Waals surface area contributed by atoms with Crippen LogP contribution in [0, 0.1) is 0 Å². The first-order valence-corrected chi connectivity index (χ1v) is 11.6. The van der Waals surface area contributed by atoms with E-state index in [0.717, 1.165) is 17.1 Å². The zero-order chi connectivity index (χ0) is 24.4. The Labute approximate surface area is 208 Å². The fourth-order valence-corrected chi connectivity index (χ4v) is 4.68. The molecule has 1 saturated heterocycles. The number of anilines is 1. The highest BCUT2D eigenvalue weighted by atomic mass is 32.1. The number of carbonyl (C=O) groups is 1. The minimum Gasteiger partial charge on any atom is -0.494 e. The summed E-state index contributed by atoms with van der Waals surface area (Å²) in [6, 6.07) is 23.3. The van der Waals surface area contributed by atoms with Gasteiger partial charge >= 0.3 is 5.97 Å². The number of thiocarbonyl (C=S) groups is 1. The second-order valence-electron chi connectivity index (χ2n) is 7.98. The average Bonchev–Trinajstić information content (AvgIpc) is 3.50. The molecular formula is C27H23N3O4S. The van der Waals surface area contributed by atoms with Crippen molar-refractivity contribution in [2.24, 2.45) is 0 Å². The molecule has 0 spiro atoms. The summed E-state index contributed by atoms with van der Waals surface area (Å²) in [5.74, 6) is 0.877. The largest absolute Gasteiger partial charge is 0.494 e. The van der Waals surface area contributed by atoms with Gasteiger partial charge in [-0.25, -0.2) is 4.79 Å². The molecule has 5 rings (SSSR count). The molecule has 1 fully saturated rings. The van der Waals surface area contributed by atoms with Crippen molar-refractivity contribution < 1.29 is 19.1 Å². The number of ether oxygens (including phenoxy) is 1. The van der Waals surface area contributed by atoms with Crippen LogP contribution in [0.15, 0.2) is 89.5 Å². The lowest BCUT2D eigenvalue weighted by molar-refractivity contribution is 0.0697. The lowest BCUT2D eigenvalue weighted by Crippen LogP contribution is -2.29. The monoisotopic (exact) mass is 485 g/mol. The SMILES string of the molecule is CCOc1ccc(N2C(=S)N[C@H](c3ccccn3)[C@@H]2c2ccc(-c3ccccc3C(=O)O)o2)cc1. The predicted molar refractivity (Wildman–Crippen MR) is 137 cm³/mol. The summed E-state index contributed by atoms with van der Waals surface area (Å²) in [7, 11) is 0. The molecule has 2 N–H and O–H groups in total. The number of carboxylic acids is 1. The molecule has 0 amide bonds. The summed E-state index contributed by atoms with van der Waals surface area (Å²) in [5.41, 5.74) is 2.38. The standard InChI is InChI=1S/C27H23N3O4S/c1-2-33-18-12-10-17(11-13-18)30-25(24(29-27(30)35)21-9-5-6-16-28-21)23-15-14-22(34-23)19-7-3-4-8-20(19)26(31)32/h3-16,24-25H,2H2,1H3,(H,29,35)(H,31,32)/t24-,25+/m1/s1. The van der Waals surface area contributed by atoms with Crippen molar-refractivity contribution >= 4 is 29.0 Å². The molecule has 0 unspecified atom stereocenters. The van der Waals surface area contributed by atoms with Crippen molar-refractivity contribution in [3.05, 3.63) is 102 Å². The van der Waals surface area contributed by atoms with Crippen molar-refractivity contribution in [2.45, 2.75) is 19.0 Å². The van der Waals surface area contributed by atoms with Gasteiger partial charge < -0.3 is 24.5 Å². The van der Waals surface area contributed by atoms with Crippen LogP contribution in [0.1, 0.15) is 40.8 Å². The molecule has 2 aromatic heterocycles. The third-order valence-electron chi connectivity index (χ3n) is 5.87. The third kappa shape index (κ3) is 4.36. The predicted octanol–water partition coefficient (Wildman–Crippen LogP) is 5.62. The number of carboxylic acid groups (broad SMARTS) is 1. The molecule has 1 aliphatic rings. The molecule has 0 bridgehead atoms. The highest BCUT2D eigenvalue weighted by molar-refractivity contribution is 7.80. The van der Waals surface area contributed by atoms with E-state index in [4.69, 9.17) is 21.4 Å². The maximum atomic E-state index is 11.8. The number of hydrogen-bond donors (Lipinski definition) is 2. The number of rotatable bonds is 7. The molecule has 0 radical (unpaired) electrons. The number of furan rings is 1. The number of hydrogen-bond acceptors (Lipinski definition) is 5. The zero-order valence-electron chi connectivity index (χ0n) is 18.9. The van der Waals surface area contributed by atoms with E-state index in [1.165, 1.54) is 0 Å². The van der Waals surface area contributed by atoms with Crippen molar-refractivity contribution in [3.63, 3.8) is 0 Å². The number of aromatic nitrogens is 1. The van der Waals surface area contributed by atoms with E-state index in [9.17, 15) is 9.90 Å². The second-order valence-corrected chi connectivity index (χ2v) is 8.36. The summed E-state index contributed by atoms with van der Waals surface area (Å²) < 4.78 is 11.9. The van der Waals surface area contributed by atoms with Gasteiger partial charge in [0, 0.05) is 17.4 Å². The smallest absolute Gasteiger partial charge is 0.336 e. The van der Waals surface area contributed by atoms with E-state index >= 15 is 0 Å². The number of aromatic carboxylic acids is 1. The minimum absolute atomic E-state index is 0.179. The molecule has 2 atom stereocenters. The van der Waals surface area contributed by atoms with Crippen LogP contribution in [0.4, 0.5) is 5.69 Å². The Bertz CT molecular complexity index is 1350. The van der Waals surface area contributed by atoms with Gasteiger partial charge in [0.2, 0.25) is 0 Å². The van der Waals surface area contributed by atoms with Gasteiger partial charge in [0.1, 0.15) is 23.3 Å². The van der Waals surface area contributed by atoms with Gasteiger partial charge in [-0.3, -0.25) is 4.98 Å². The maximum absolute atomic E-state index is 11.8. The van der Waals surface area contributed by atoms with Crippen LogP contribution in [0.5, 0.6) is 5.75 Å². The Hall–Kier alpha value is -4.17. The Balaban J connectivity index is 1.58. The zero-order valence-corrected chi connectivity index (χ0v) is 19.7. The fraction of sp³-hybridized carbons (Fsp3) is 0.148. The normalized spacial score (nSPS) is 17.3. The maximum Gasteiger partial charge on any atom is 0.336 e. The van der Waals surface area contributed by atoms with E-state index in [0.29, 0.717) is 28.8 Å². The van der Waals surface area contributed by atoms with Gasteiger partial charge in [0.15, 0.2) is 5.11 Å². The summed E-state index contributed by atoms with van der Waals surface area (Å²) in [6.07, 6.45) is 1.74. The molecule has 1 aliphatic heterocycles. The van der Waals surface area contributed by atoms with Gasteiger partial charge in [-0.15, -0.1) is 0 Å². The van der Waals surface area contributed by atoms with Crippen molar-refractivity contribution in [3.8, 4) is 17.1 Å². The van der Waals surface area contributed by atoms with Crippen LogP contribution in [-0.2, 0) is 0 Å². The molecular weight excluding hydrogens is 462 g/mol. The van der Waals surface area contributed by atoms with Crippen LogP contribution in [0.2, 0.25) is 0 Å². The van der Waals surface area contributed by atoms with Gasteiger partial charge in [0.05, 0.1) is 23.9 Å². The Kier molecular flexibility index (Phi) is 6.20. The van der Waals surface area contributed by atoms with Gasteiger partial charge in [-0.05, 0) is 73.7 Å². The first-order chi connectivity index (χ1) is 17.1. The molecule has 35 heavy (non-hydrogen) atoms. The fourth-order valence-electron chi connectivity index (χ4n) is 4.33. The van der Waals surface area contributed by atoms with Crippen LogP contribution in [-0.4, -0.2) is 27.8 Å². The first-order valence-electron chi connectivity index (χ1n) is 11.2. The third-order valence-corrected chi connectivity index (χ3v) is 6.18. The van der Waals surface area contributed by atoms with E-state index in [1.807, 2.05) is 60.4 Å². The van der Waals surface area contributed by atoms with Crippen molar-refractivity contribution in [1.29, 1.82) is 0 Å². The average molecular weight is 486 g/mol. The highest BCUT2D eigenvalue weighted by Gasteiger charge is 2.42. The number of pyridine rings is 1. The van der Waals surface area contributed by atoms with Crippen LogP contribution in [0.3, 0.4) is 0 Å². The molecule has 4 aromatic rings. The summed E-state index contributed by atoms with van der Waals surface area (Å²) in [5, 5.41) is 13.6. The minimum atomic E-state index is -1.01. The number of nitrogens with zero attached hydrogens (tertiary/aromatic N) is 2.